The van der Waals surface area contributed by atoms with Gasteiger partial charge in [-0.05, 0) is 26.0 Å². The molecule has 92 valence electrons. The second-order valence-corrected chi connectivity index (χ2v) is 7.11. The van der Waals surface area contributed by atoms with Crippen molar-refractivity contribution in [2.75, 3.05) is 0 Å². The van der Waals surface area contributed by atoms with Gasteiger partial charge >= 0.3 is 0 Å². The summed E-state index contributed by atoms with van der Waals surface area (Å²) >= 11 is 7.26. The fourth-order valence-corrected chi connectivity index (χ4v) is 3.70. The maximum absolute atomic E-state index is 12.1. The molecule has 0 saturated carbocycles. The van der Waals surface area contributed by atoms with Crippen molar-refractivity contribution < 1.29 is 8.73 Å². The molecule has 0 radical (unpaired) electrons. The van der Waals surface area contributed by atoms with Crippen LogP contribution in [0.2, 0.25) is 4.34 Å². The highest BCUT2D eigenvalue weighted by atomic mass is 35.5. The predicted molar refractivity (Wildman–Crippen MR) is 68.6 cm³/mol. The highest BCUT2D eigenvalue weighted by Crippen LogP contribution is 2.26. The molecule has 0 aliphatic heterocycles. The fourth-order valence-electron chi connectivity index (χ4n) is 1.29. The largest absolute Gasteiger partial charge is 0.338 e. The Labute approximate surface area is 110 Å². The lowest BCUT2D eigenvalue weighted by molar-refractivity contribution is 0.375. The second-order valence-electron chi connectivity index (χ2n) is 3.55. The zero-order chi connectivity index (χ0) is 12.4. The van der Waals surface area contributed by atoms with E-state index in [2.05, 4.69) is 10.1 Å². The molecule has 0 fully saturated rings. The summed E-state index contributed by atoms with van der Waals surface area (Å²) in [6.07, 6.45) is 0. The van der Waals surface area contributed by atoms with Crippen LogP contribution in [0.3, 0.4) is 0 Å². The minimum absolute atomic E-state index is 0.267. The first-order chi connectivity index (χ1) is 8.06. The minimum atomic E-state index is -1.08. The Bertz CT molecular complexity index is 538. The van der Waals surface area contributed by atoms with Crippen molar-refractivity contribution in [1.82, 2.24) is 10.1 Å². The molecule has 2 heterocycles. The van der Waals surface area contributed by atoms with Crippen LogP contribution in [0.4, 0.5) is 0 Å². The van der Waals surface area contributed by atoms with Gasteiger partial charge in [-0.3, -0.25) is 4.21 Å². The first-order valence-corrected chi connectivity index (χ1v) is 7.55. The standard InChI is InChI=1S/C10H11ClN2O2S2/c1-6(10-12-7(2)13-15-10)17(14)5-8-3-4-9(11)16-8/h3-4,6H,5H2,1-2H3/t6-,17-/m1/s1. The molecule has 2 rings (SSSR count). The van der Waals surface area contributed by atoms with Gasteiger partial charge in [0.15, 0.2) is 5.82 Å². The zero-order valence-electron chi connectivity index (χ0n) is 9.34. The van der Waals surface area contributed by atoms with Gasteiger partial charge in [0.2, 0.25) is 5.89 Å². The number of halogens is 1. The number of nitrogens with zero attached hydrogens (tertiary/aromatic N) is 2. The van der Waals surface area contributed by atoms with Crippen LogP contribution >= 0.6 is 22.9 Å². The quantitative estimate of drug-likeness (QED) is 0.868. The number of hydrogen-bond acceptors (Lipinski definition) is 5. The van der Waals surface area contributed by atoms with E-state index >= 15 is 0 Å². The Hall–Kier alpha value is -0.720. The SMILES string of the molecule is Cc1noc([C@@H](C)[S@](=O)Cc2ccc(Cl)s2)n1. The molecule has 0 aliphatic rings. The summed E-state index contributed by atoms with van der Waals surface area (Å²) in [5.41, 5.74) is 0. The fraction of sp³-hybridized carbons (Fsp3) is 0.400. The molecule has 0 saturated heterocycles. The Morgan fingerprint density at radius 1 is 1.59 bits per heavy atom. The van der Waals surface area contributed by atoms with Gasteiger partial charge in [-0.15, -0.1) is 11.3 Å². The lowest BCUT2D eigenvalue weighted by Gasteiger charge is -2.05. The molecule has 0 unspecified atom stereocenters. The minimum Gasteiger partial charge on any atom is -0.338 e. The van der Waals surface area contributed by atoms with E-state index in [1.165, 1.54) is 11.3 Å². The highest BCUT2D eigenvalue weighted by Gasteiger charge is 2.20. The molecule has 0 N–H and O–H groups in total. The molecule has 2 aromatic heterocycles. The van der Waals surface area contributed by atoms with Gasteiger partial charge in [0, 0.05) is 15.7 Å². The summed E-state index contributed by atoms with van der Waals surface area (Å²) in [5.74, 6) is 1.44. The van der Waals surface area contributed by atoms with Gasteiger partial charge < -0.3 is 4.52 Å². The van der Waals surface area contributed by atoms with Gasteiger partial charge in [-0.1, -0.05) is 16.8 Å². The van der Waals surface area contributed by atoms with E-state index in [4.69, 9.17) is 16.1 Å². The van der Waals surface area contributed by atoms with Crippen molar-refractivity contribution in [3.8, 4) is 0 Å². The lowest BCUT2D eigenvalue weighted by atomic mass is 10.5. The molecule has 2 atom stereocenters. The Kier molecular flexibility index (Phi) is 3.96. The van der Waals surface area contributed by atoms with Gasteiger partial charge in [-0.2, -0.15) is 4.98 Å². The summed E-state index contributed by atoms with van der Waals surface area (Å²) in [5, 5.41) is 3.43. The van der Waals surface area contributed by atoms with Crippen LogP contribution < -0.4 is 0 Å². The third-order valence-electron chi connectivity index (χ3n) is 2.20. The molecule has 0 spiro atoms. The van der Waals surface area contributed by atoms with Crippen molar-refractivity contribution >= 4 is 33.7 Å². The van der Waals surface area contributed by atoms with Crippen LogP contribution in [-0.2, 0) is 16.6 Å². The van der Waals surface area contributed by atoms with Crippen LogP contribution in [-0.4, -0.2) is 14.3 Å². The third-order valence-corrected chi connectivity index (χ3v) is 5.20. The average Bonchev–Trinajstić information content (AvgIpc) is 2.87. The van der Waals surface area contributed by atoms with Crippen molar-refractivity contribution in [1.29, 1.82) is 0 Å². The smallest absolute Gasteiger partial charge is 0.242 e. The molecule has 2 aromatic rings. The van der Waals surface area contributed by atoms with Crippen LogP contribution in [0.5, 0.6) is 0 Å². The normalized spacial score (nSPS) is 14.8. The van der Waals surface area contributed by atoms with Gasteiger partial charge in [0.1, 0.15) is 5.25 Å². The van der Waals surface area contributed by atoms with Crippen LogP contribution in [0.25, 0.3) is 0 Å². The number of aryl methyl sites for hydroxylation is 1. The lowest BCUT2D eigenvalue weighted by Crippen LogP contribution is -2.05. The Morgan fingerprint density at radius 3 is 2.88 bits per heavy atom. The van der Waals surface area contributed by atoms with Crippen LogP contribution in [0.1, 0.15) is 28.8 Å². The van der Waals surface area contributed by atoms with Crippen LogP contribution in [0, 0.1) is 6.92 Å². The van der Waals surface area contributed by atoms with Crippen molar-refractivity contribution in [2.24, 2.45) is 0 Å². The molecule has 17 heavy (non-hydrogen) atoms. The maximum atomic E-state index is 12.1. The highest BCUT2D eigenvalue weighted by molar-refractivity contribution is 7.84. The molecule has 4 nitrogen and oxygen atoms in total. The predicted octanol–water partition coefficient (Wildman–Crippen LogP) is 3.10. The van der Waals surface area contributed by atoms with Gasteiger partial charge in [0.05, 0.1) is 10.1 Å². The Morgan fingerprint density at radius 2 is 2.35 bits per heavy atom. The van der Waals surface area contributed by atoms with Crippen molar-refractivity contribution in [3.63, 3.8) is 0 Å². The summed E-state index contributed by atoms with van der Waals surface area (Å²) < 4.78 is 17.8. The Balaban J connectivity index is 2.05. The molecule has 0 amide bonds. The first kappa shape index (κ1) is 12.7. The van der Waals surface area contributed by atoms with Crippen molar-refractivity contribution in [2.45, 2.75) is 24.9 Å². The maximum Gasteiger partial charge on any atom is 0.242 e. The molecular weight excluding hydrogens is 280 g/mol. The van der Waals surface area contributed by atoms with Crippen molar-refractivity contribution in [3.05, 3.63) is 33.1 Å². The first-order valence-electron chi connectivity index (χ1n) is 4.98. The van der Waals surface area contributed by atoms with Gasteiger partial charge in [0.25, 0.3) is 0 Å². The monoisotopic (exact) mass is 290 g/mol. The average molecular weight is 291 g/mol. The van der Waals surface area contributed by atoms with E-state index in [0.717, 1.165) is 4.88 Å². The summed E-state index contributed by atoms with van der Waals surface area (Å²) in [6, 6.07) is 3.69. The topological polar surface area (TPSA) is 56.0 Å². The molecular formula is C10H11ClN2O2S2. The molecule has 0 aromatic carbocycles. The number of thiophene rings is 1. The van der Waals surface area contributed by atoms with E-state index < -0.39 is 10.8 Å². The molecule has 0 aliphatic carbocycles. The molecule has 7 heteroatoms. The number of hydrogen-bond donors (Lipinski definition) is 0. The summed E-state index contributed by atoms with van der Waals surface area (Å²) in [4.78, 5) is 5.08. The van der Waals surface area contributed by atoms with E-state index in [1.807, 2.05) is 13.0 Å². The number of aromatic nitrogens is 2. The van der Waals surface area contributed by atoms with Gasteiger partial charge in [-0.25, -0.2) is 0 Å². The third kappa shape index (κ3) is 3.14. The van der Waals surface area contributed by atoms with E-state index in [-0.39, 0.29) is 5.25 Å². The van der Waals surface area contributed by atoms with Crippen LogP contribution in [0.15, 0.2) is 16.7 Å². The number of rotatable bonds is 4. The van der Waals surface area contributed by atoms with E-state index in [1.54, 1.807) is 13.0 Å². The summed E-state index contributed by atoms with van der Waals surface area (Å²) in [6.45, 7) is 3.56. The van der Waals surface area contributed by atoms with E-state index in [0.29, 0.717) is 21.8 Å². The molecule has 0 bridgehead atoms. The second kappa shape index (κ2) is 5.29. The van der Waals surface area contributed by atoms with E-state index in [9.17, 15) is 4.21 Å². The zero-order valence-corrected chi connectivity index (χ0v) is 11.7. The summed E-state index contributed by atoms with van der Waals surface area (Å²) in [7, 11) is -1.08.